The van der Waals surface area contributed by atoms with Crippen molar-refractivity contribution in [3.63, 3.8) is 0 Å². The van der Waals surface area contributed by atoms with Gasteiger partial charge in [0.15, 0.2) is 28.7 Å². The van der Waals surface area contributed by atoms with E-state index in [9.17, 15) is 14.3 Å². The van der Waals surface area contributed by atoms with Gasteiger partial charge in [-0.25, -0.2) is 9.18 Å². The number of hydrogen-bond acceptors (Lipinski definition) is 7. The van der Waals surface area contributed by atoms with Crippen LogP contribution in [0, 0.1) is 12.7 Å². The van der Waals surface area contributed by atoms with Gasteiger partial charge in [-0.15, -0.1) is 0 Å². The Morgan fingerprint density at radius 2 is 2.12 bits per heavy atom. The van der Waals surface area contributed by atoms with Gasteiger partial charge in [-0.2, -0.15) is 0 Å². The summed E-state index contributed by atoms with van der Waals surface area (Å²) in [5.74, 6) is -1.18. The SMILES string of the molecule is COc1cc(-c2onc(NCc3cc(C)on3)c2C(=O)O)ccc1F. The highest BCUT2D eigenvalue weighted by atomic mass is 19.1. The van der Waals surface area contributed by atoms with Crippen LogP contribution in [0.25, 0.3) is 11.3 Å². The molecule has 0 radical (unpaired) electrons. The zero-order valence-corrected chi connectivity index (χ0v) is 13.4. The van der Waals surface area contributed by atoms with Crippen LogP contribution < -0.4 is 10.1 Å². The van der Waals surface area contributed by atoms with Crippen LogP contribution in [0.15, 0.2) is 33.3 Å². The minimum absolute atomic E-state index is 0.00960. The molecule has 0 bridgehead atoms. The molecule has 2 aromatic heterocycles. The van der Waals surface area contributed by atoms with Crippen LogP contribution >= 0.6 is 0 Å². The van der Waals surface area contributed by atoms with Gasteiger partial charge in [0.2, 0.25) is 0 Å². The molecule has 8 nitrogen and oxygen atoms in total. The summed E-state index contributed by atoms with van der Waals surface area (Å²) >= 11 is 0. The van der Waals surface area contributed by atoms with E-state index in [0.29, 0.717) is 17.0 Å². The summed E-state index contributed by atoms with van der Waals surface area (Å²) in [6.45, 7) is 1.95. The summed E-state index contributed by atoms with van der Waals surface area (Å²) in [6.07, 6.45) is 0. The maximum atomic E-state index is 13.5. The Balaban J connectivity index is 1.93. The highest BCUT2D eigenvalue weighted by Gasteiger charge is 2.24. The molecule has 0 aliphatic heterocycles. The first kappa shape index (κ1) is 16.5. The third-order valence-electron chi connectivity index (χ3n) is 3.43. The summed E-state index contributed by atoms with van der Waals surface area (Å²) < 4.78 is 28.6. The number of nitrogens with one attached hydrogen (secondary N) is 1. The maximum absolute atomic E-state index is 13.5. The number of rotatable bonds is 6. The molecular weight excluding hydrogens is 333 g/mol. The zero-order valence-electron chi connectivity index (χ0n) is 13.4. The molecule has 3 rings (SSSR count). The van der Waals surface area contributed by atoms with E-state index in [1.54, 1.807) is 13.0 Å². The van der Waals surface area contributed by atoms with Gasteiger partial charge in [0.1, 0.15) is 11.5 Å². The topological polar surface area (TPSA) is 111 Å². The van der Waals surface area contributed by atoms with Crippen LogP contribution in [0.4, 0.5) is 10.2 Å². The molecule has 0 unspecified atom stereocenters. The second-order valence-corrected chi connectivity index (χ2v) is 5.17. The van der Waals surface area contributed by atoms with Crippen LogP contribution in [-0.4, -0.2) is 28.5 Å². The number of hydrogen-bond donors (Lipinski definition) is 2. The molecular formula is C16H14FN3O5. The number of aryl methyl sites for hydroxylation is 1. The molecule has 0 atom stereocenters. The Kier molecular flexibility index (Phi) is 4.38. The normalized spacial score (nSPS) is 10.7. The van der Waals surface area contributed by atoms with E-state index in [4.69, 9.17) is 13.8 Å². The van der Waals surface area contributed by atoms with Crippen LogP contribution in [0.5, 0.6) is 5.75 Å². The summed E-state index contributed by atoms with van der Waals surface area (Å²) in [7, 11) is 1.31. The average Bonchev–Trinajstić information content (AvgIpc) is 3.19. The standard InChI is InChI=1S/C16H14FN3O5/c1-8-5-10(19-24-8)7-18-15-13(16(21)22)14(25-20-15)9-3-4-11(17)12(6-9)23-2/h3-6H,7H2,1-2H3,(H,18,20)(H,21,22). The number of nitrogens with zero attached hydrogens (tertiary/aromatic N) is 2. The molecule has 0 spiro atoms. The van der Waals surface area contributed by atoms with Gasteiger partial charge in [-0.3, -0.25) is 0 Å². The van der Waals surface area contributed by atoms with Crippen molar-refractivity contribution in [2.24, 2.45) is 0 Å². The number of benzene rings is 1. The van der Waals surface area contributed by atoms with E-state index in [0.717, 1.165) is 6.07 Å². The molecule has 1 aromatic carbocycles. The van der Waals surface area contributed by atoms with Crippen molar-refractivity contribution in [1.82, 2.24) is 10.3 Å². The molecule has 25 heavy (non-hydrogen) atoms. The predicted octanol–water partition coefficient (Wildman–Crippen LogP) is 3.10. The Hall–Kier alpha value is -3.36. The molecule has 2 heterocycles. The highest BCUT2D eigenvalue weighted by molar-refractivity contribution is 5.99. The van der Waals surface area contributed by atoms with Crippen molar-refractivity contribution in [2.75, 3.05) is 12.4 Å². The fourth-order valence-corrected chi connectivity index (χ4v) is 2.28. The van der Waals surface area contributed by atoms with E-state index < -0.39 is 11.8 Å². The van der Waals surface area contributed by atoms with Gasteiger partial charge in [-0.1, -0.05) is 10.3 Å². The molecule has 0 aliphatic rings. The first-order valence-corrected chi connectivity index (χ1v) is 7.22. The van der Waals surface area contributed by atoms with Crippen molar-refractivity contribution in [1.29, 1.82) is 0 Å². The van der Waals surface area contributed by atoms with Gasteiger partial charge in [0.25, 0.3) is 0 Å². The molecule has 2 N–H and O–H groups in total. The number of anilines is 1. The van der Waals surface area contributed by atoms with E-state index >= 15 is 0 Å². The van der Waals surface area contributed by atoms with E-state index in [-0.39, 0.29) is 29.4 Å². The summed E-state index contributed by atoms with van der Waals surface area (Å²) in [6, 6.07) is 5.59. The lowest BCUT2D eigenvalue weighted by molar-refractivity contribution is 0.0698. The van der Waals surface area contributed by atoms with Crippen LogP contribution in [-0.2, 0) is 6.54 Å². The largest absolute Gasteiger partial charge is 0.494 e. The zero-order chi connectivity index (χ0) is 18.0. The highest BCUT2D eigenvalue weighted by Crippen LogP contribution is 2.32. The molecule has 3 aromatic rings. The minimum Gasteiger partial charge on any atom is -0.494 e. The lowest BCUT2D eigenvalue weighted by Gasteiger charge is -2.04. The molecule has 0 saturated heterocycles. The lowest BCUT2D eigenvalue weighted by atomic mass is 10.1. The van der Waals surface area contributed by atoms with Crippen molar-refractivity contribution < 1.29 is 28.1 Å². The number of aromatic nitrogens is 2. The fourth-order valence-electron chi connectivity index (χ4n) is 2.28. The van der Waals surface area contributed by atoms with Gasteiger partial charge in [0.05, 0.1) is 13.7 Å². The van der Waals surface area contributed by atoms with Crippen LogP contribution in [0.2, 0.25) is 0 Å². The molecule has 9 heteroatoms. The van der Waals surface area contributed by atoms with E-state index in [1.807, 2.05) is 0 Å². The minimum atomic E-state index is -1.24. The first-order valence-electron chi connectivity index (χ1n) is 7.22. The van der Waals surface area contributed by atoms with Gasteiger partial charge < -0.3 is 24.2 Å². The lowest BCUT2D eigenvalue weighted by Crippen LogP contribution is -2.06. The Bertz CT molecular complexity index is 918. The van der Waals surface area contributed by atoms with E-state index in [1.165, 1.54) is 19.2 Å². The first-order chi connectivity index (χ1) is 12.0. The number of methoxy groups -OCH3 is 1. The predicted molar refractivity (Wildman–Crippen MR) is 84.0 cm³/mol. The van der Waals surface area contributed by atoms with Crippen molar-refractivity contribution >= 4 is 11.8 Å². The third kappa shape index (κ3) is 3.30. The molecule has 0 saturated carbocycles. The van der Waals surface area contributed by atoms with Gasteiger partial charge >= 0.3 is 5.97 Å². The van der Waals surface area contributed by atoms with Gasteiger partial charge in [0, 0.05) is 11.6 Å². The number of ether oxygens (including phenoxy) is 1. The number of carbonyl (C=O) groups is 1. The molecule has 0 aliphatic carbocycles. The molecule has 130 valence electrons. The Morgan fingerprint density at radius 3 is 2.76 bits per heavy atom. The number of aromatic carboxylic acids is 1. The van der Waals surface area contributed by atoms with Crippen molar-refractivity contribution in [3.8, 4) is 17.1 Å². The van der Waals surface area contributed by atoms with Gasteiger partial charge in [-0.05, 0) is 25.1 Å². The summed E-state index contributed by atoms with van der Waals surface area (Å²) in [5, 5.41) is 19.9. The van der Waals surface area contributed by atoms with Crippen molar-refractivity contribution in [2.45, 2.75) is 13.5 Å². The number of carboxylic acids is 1. The number of halogens is 1. The maximum Gasteiger partial charge on any atom is 0.343 e. The Labute approximate surface area is 141 Å². The Morgan fingerprint density at radius 1 is 1.32 bits per heavy atom. The average molecular weight is 347 g/mol. The number of carboxylic acid groups (broad SMARTS) is 1. The van der Waals surface area contributed by atoms with Crippen LogP contribution in [0.3, 0.4) is 0 Å². The second kappa shape index (κ2) is 6.63. The van der Waals surface area contributed by atoms with Crippen LogP contribution in [0.1, 0.15) is 21.8 Å². The molecule has 0 amide bonds. The quantitative estimate of drug-likeness (QED) is 0.700. The van der Waals surface area contributed by atoms with E-state index in [2.05, 4.69) is 15.6 Å². The summed E-state index contributed by atoms with van der Waals surface area (Å²) in [5.41, 5.74) is 0.740. The van der Waals surface area contributed by atoms with Crippen molar-refractivity contribution in [3.05, 3.63) is 47.1 Å². The fraction of sp³-hybridized carbons (Fsp3) is 0.188. The smallest absolute Gasteiger partial charge is 0.343 e. The third-order valence-corrected chi connectivity index (χ3v) is 3.43. The monoisotopic (exact) mass is 347 g/mol. The molecule has 0 fully saturated rings. The summed E-state index contributed by atoms with van der Waals surface area (Å²) in [4.78, 5) is 11.6. The second-order valence-electron chi connectivity index (χ2n) is 5.17.